The van der Waals surface area contributed by atoms with Crippen molar-refractivity contribution in [1.82, 2.24) is 0 Å². The van der Waals surface area contributed by atoms with E-state index in [1.165, 1.54) is 12.1 Å². The van der Waals surface area contributed by atoms with Crippen molar-refractivity contribution in [2.75, 3.05) is 7.11 Å². The Labute approximate surface area is 124 Å². The van der Waals surface area contributed by atoms with Gasteiger partial charge in [-0.1, -0.05) is 32.0 Å². The van der Waals surface area contributed by atoms with Crippen molar-refractivity contribution < 1.29 is 13.9 Å². The molecule has 0 aromatic heterocycles. The lowest BCUT2D eigenvalue weighted by molar-refractivity contribution is 0.112. The van der Waals surface area contributed by atoms with Crippen LogP contribution in [0.15, 0.2) is 30.3 Å². The summed E-state index contributed by atoms with van der Waals surface area (Å²) in [6, 6.07) is 8.11. The largest absolute Gasteiger partial charge is 0.496 e. The number of benzene rings is 2. The van der Waals surface area contributed by atoms with Gasteiger partial charge >= 0.3 is 0 Å². The Morgan fingerprint density at radius 1 is 1.19 bits per heavy atom. The van der Waals surface area contributed by atoms with Gasteiger partial charge < -0.3 is 4.74 Å². The van der Waals surface area contributed by atoms with Crippen LogP contribution in [0.1, 0.15) is 41.3 Å². The van der Waals surface area contributed by atoms with E-state index in [4.69, 9.17) is 4.74 Å². The Morgan fingerprint density at radius 3 is 2.29 bits per heavy atom. The molecule has 0 atom stereocenters. The molecule has 0 bridgehead atoms. The standard InChI is InChI=1S/C18H19FO2/c1-11(2)15-9-12(3)18(21-4)17(16(15)10-20)13-5-7-14(19)8-6-13/h5-11H,1-4H3. The van der Waals surface area contributed by atoms with Gasteiger partial charge in [-0.3, -0.25) is 4.79 Å². The fraction of sp³-hybridized carbons (Fsp3) is 0.278. The monoisotopic (exact) mass is 286 g/mol. The van der Waals surface area contributed by atoms with Crippen LogP contribution in [-0.4, -0.2) is 13.4 Å². The van der Waals surface area contributed by atoms with Gasteiger partial charge in [0.05, 0.1) is 7.11 Å². The first-order chi connectivity index (χ1) is 9.99. The number of aryl methyl sites for hydroxylation is 1. The minimum atomic E-state index is -0.304. The number of hydrogen-bond acceptors (Lipinski definition) is 2. The molecule has 110 valence electrons. The first-order valence-corrected chi connectivity index (χ1v) is 6.92. The molecule has 2 aromatic rings. The highest BCUT2D eigenvalue weighted by atomic mass is 19.1. The van der Waals surface area contributed by atoms with Crippen LogP contribution in [0.2, 0.25) is 0 Å². The van der Waals surface area contributed by atoms with Crippen LogP contribution in [0.3, 0.4) is 0 Å². The maximum Gasteiger partial charge on any atom is 0.151 e. The Hall–Kier alpha value is -2.16. The molecule has 2 rings (SSSR count). The van der Waals surface area contributed by atoms with Crippen LogP contribution in [0, 0.1) is 12.7 Å². The van der Waals surface area contributed by atoms with Crippen molar-refractivity contribution in [2.45, 2.75) is 26.7 Å². The average Bonchev–Trinajstić information content (AvgIpc) is 2.46. The minimum absolute atomic E-state index is 0.217. The van der Waals surface area contributed by atoms with E-state index in [1.807, 2.05) is 26.8 Å². The molecular weight excluding hydrogens is 267 g/mol. The Bertz CT molecular complexity index is 658. The van der Waals surface area contributed by atoms with Crippen molar-refractivity contribution in [3.63, 3.8) is 0 Å². The summed E-state index contributed by atoms with van der Waals surface area (Å²) in [5.41, 5.74) is 4.06. The Morgan fingerprint density at radius 2 is 1.81 bits per heavy atom. The molecule has 0 unspecified atom stereocenters. The highest BCUT2D eigenvalue weighted by Gasteiger charge is 2.19. The molecule has 21 heavy (non-hydrogen) atoms. The SMILES string of the molecule is COc1c(C)cc(C(C)C)c(C=O)c1-c1ccc(F)cc1. The van der Waals surface area contributed by atoms with E-state index in [-0.39, 0.29) is 11.7 Å². The van der Waals surface area contributed by atoms with E-state index < -0.39 is 0 Å². The van der Waals surface area contributed by atoms with Gasteiger partial charge in [-0.2, -0.15) is 0 Å². The smallest absolute Gasteiger partial charge is 0.151 e. The van der Waals surface area contributed by atoms with Gasteiger partial charge in [-0.15, -0.1) is 0 Å². The number of halogens is 1. The number of ether oxygens (including phenoxy) is 1. The molecule has 0 spiro atoms. The lowest BCUT2D eigenvalue weighted by Gasteiger charge is -2.19. The maximum absolute atomic E-state index is 13.2. The predicted molar refractivity (Wildman–Crippen MR) is 82.6 cm³/mol. The van der Waals surface area contributed by atoms with Gasteiger partial charge in [0.15, 0.2) is 6.29 Å². The van der Waals surface area contributed by atoms with Crippen molar-refractivity contribution in [3.8, 4) is 16.9 Å². The fourth-order valence-corrected chi connectivity index (χ4v) is 2.61. The molecule has 0 aliphatic carbocycles. The second-order valence-corrected chi connectivity index (χ2v) is 5.38. The third-order valence-corrected chi connectivity index (χ3v) is 3.61. The first-order valence-electron chi connectivity index (χ1n) is 6.92. The van der Waals surface area contributed by atoms with Gasteiger partial charge in [-0.25, -0.2) is 4.39 Å². The van der Waals surface area contributed by atoms with Crippen molar-refractivity contribution in [1.29, 1.82) is 0 Å². The topological polar surface area (TPSA) is 26.3 Å². The van der Waals surface area contributed by atoms with Crippen LogP contribution in [0.5, 0.6) is 5.75 Å². The van der Waals surface area contributed by atoms with Gasteiger partial charge in [-0.05, 0) is 41.7 Å². The number of hydrogen-bond donors (Lipinski definition) is 0. The van der Waals surface area contributed by atoms with Crippen molar-refractivity contribution in [3.05, 3.63) is 52.8 Å². The van der Waals surface area contributed by atoms with E-state index in [0.29, 0.717) is 11.3 Å². The van der Waals surface area contributed by atoms with E-state index in [9.17, 15) is 9.18 Å². The van der Waals surface area contributed by atoms with Gasteiger partial charge in [0.2, 0.25) is 0 Å². The predicted octanol–water partition coefficient (Wildman–Crippen LogP) is 4.75. The number of methoxy groups -OCH3 is 1. The third kappa shape index (κ3) is 2.82. The molecule has 2 aromatic carbocycles. The number of carbonyl (C=O) groups is 1. The molecule has 0 N–H and O–H groups in total. The molecule has 0 saturated heterocycles. The van der Waals surface area contributed by atoms with Crippen LogP contribution in [0.4, 0.5) is 4.39 Å². The zero-order chi connectivity index (χ0) is 15.6. The molecule has 0 aliphatic heterocycles. The fourth-order valence-electron chi connectivity index (χ4n) is 2.61. The summed E-state index contributed by atoms with van der Waals surface area (Å²) in [7, 11) is 1.58. The van der Waals surface area contributed by atoms with Crippen molar-refractivity contribution >= 4 is 6.29 Å². The summed E-state index contributed by atoms with van der Waals surface area (Å²) < 4.78 is 18.6. The normalized spacial score (nSPS) is 10.8. The first kappa shape index (κ1) is 15.2. The molecular formula is C18H19FO2. The van der Waals surface area contributed by atoms with Crippen molar-refractivity contribution in [2.24, 2.45) is 0 Å². The molecule has 2 nitrogen and oxygen atoms in total. The van der Waals surface area contributed by atoms with Crippen LogP contribution in [-0.2, 0) is 0 Å². The van der Waals surface area contributed by atoms with E-state index in [0.717, 1.165) is 28.5 Å². The number of aldehydes is 1. The molecule has 3 heteroatoms. The zero-order valence-electron chi connectivity index (χ0n) is 12.7. The van der Waals surface area contributed by atoms with E-state index in [1.54, 1.807) is 19.2 Å². The number of carbonyl (C=O) groups excluding carboxylic acids is 1. The lowest BCUT2D eigenvalue weighted by atomic mass is 9.88. The summed E-state index contributed by atoms with van der Waals surface area (Å²) in [5, 5.41) is 0. The second kappa shape index (κ2) is 6.08. The molecule has 0 fully saturated rings. The highest BCUT2D eigenvalue weighted by molar-refractivity contribution is 5.93. The average molecular weight is 286 g/mol. The highest BCUT2D eigenvalue weighted by Crippen LogP contribution is 2.39. The molecule has 0 heterocycles. The summed E-state index contributed by atoms with van der Waals surface area (Å²) in [6.45, 7) is 6.04. The van der Waals surface area contributed by atoms with Crippen LogP contribution < -0.4 is 4.74 Å². The van der Waals surface area contributed by atoms with Gasteiger partial charge in [0, 0.05) is 11.1 Å². The molecule has 0 saturated carbocycles. The van der Waals surface area contributed by atoms with Gasteiger partial charge in [0.25, 0.3) is 0 Å². The molecule has 0 amide bonds. The second-order valence-electron chi connectivity index (χ2n) is 5.38. The summed E-state index contributed by atoms with van der Waals surface area (Å²) in [4.78, 5) is 11.6. The van der Waals surface area contributed by atoms with Crippen LogP contribution in [0.25, 0.3) is 11.1 Å². The molecule has 0 aliphatic rings. The Kier molecular flexibility index (Phi) is 4.41. The van der Waals surface area contributed by atoms with Crippen LogP contribution >= 0.6 is 0 Å². The van der Waals surface area contributed by atoms with E-state index in [2.05, 4.69) is 0 Å². The zero-order valence-corrected chi connectivity index (χ0v) is 12.7. The van der Waals surface area contributed by atoms with E-state index >= 15 is 0 Å². The lowest BCUT2D eigenvalue weighted by Crippen LogP contribution is -2.03. The summed E-state index contributed by atoms with van der Waals surface area (Å²) in [5.74, 6) is 0.573. The number of rotatable bonds is 4. The summed E-state index contributed by atoms with van der Waals surface area (Å²) >= 11 is 0. The summed E-state index contributed by atoms with van der Waals surface area (Å²) in [6.07, 6.45) is 0.857. The van der Waals surface area contributed by atoms with Gasteiger partial charge in [0.1, 0.15) is 11.6 Å². The molecule has 0 radical (unpaired) electrons. The maximum atomic E-state index is 13.2. The third-order valence-electron chi connectivity index (χ3n) is 3.61. The Balaban J connectivity index is 2.82. The quantitative estimate of drug-likeness (QED) is 0.758. The minimum Gasteiger partial charge on any atom is -0.496 e.